The van der Waals surface area contributed by atoms with Gasteiger partial charge in [0.25, 0.3) is 0 Å². The average Bonchev–Trinajstić information content (AvgIpc) is 2.99. The Labute approximate surface area is 113 Å². The summed E-state index contributed by atoms with van der Waals surface area (Å²) in [6.07, 6.45) is 11.9. The van der Waals surface area contributed by atoms with Crippen molar-refractivity contribution in [3.63, 3.8) is 0 Å². The van der Waals surface area contributed by atoms with Gasteiger partial charge in [0.15, 0.2) is 0 Å². The molecular weight excluding hydrogens is 218 g/mol. The monoisotopic (exact) mass is 249 g/mol. The summed E-state index contributed by atoms with van der Waals surface area (Å²) < 4.78 is 0. The third-order valence-corrected chi connectivity index (χ3v) is 6.04. The lowest BCUT2D eigenvalue weighted by atomic mass is 9.79. The van der Waals surface area contributed by atoms with Gasteiger partial charge in [-0.1, -0.05) is 33.1 Å². The second-order valence-corrected chi connectivity index (χ2v) is 7.60. The van der Waals surface area contributed by atoms with Crippen LogP contribution < -0.4 is 5.32 Å². The maximum Gasteiger partial charge on any atom is 0.0101 e. The van der Waals surface area contributed by atoms with Gasteiger partial charge in [0.2, 0.25) is 0 Å². The van der Waals surface area contributed by atoms with Gasteiger partial charge in [-0.15, -0.1) is 0 Å². The molecule has 0 aromatic rings. The highest BCUT2D eigenvalue weighted by Gasteiger charge is 2.53. The largest absolute Gasteiger partial charge is 0.314 e. The number of rotatable bonds is 6. The van der Waals surface area contributed by atoms with Crippen LogP contribution in [0.15, 0.2) is 0 Å². The molecule has 0 amide bonds. The summed E-state index contributed by atoms with van der Waals surface area (Å²) in [4.78, 5) is 0. The smallest absolute Gasteiger partial charge is 0.0101 e. The first kappa shape index (κ1) is 13.0. The van der Waals surface area contributed by atoms with Gasteiger partial charge in [0.1, 0.15) is 0 Å². The quantitative estimate of drug-likeness (QED) is 0.695. The van der Waals surface area contributed by atoms with E-state index in [-0.39, 0.29) is 0 Å². The molecule has 1 heteroatoms. The minimum Gasteiger partial charge on any atom is -0.314 e. The van der Waals surface area contributed by atoms with Crippen molar-refractivity contribution in [2.45, 2.75) is 71.3 Å². The Bertz CT molecular complexity index is 273. The van der Waals surface area contributed by atoms with Crippen molar-refractivity contribution in [3.05, 3.63) is 0 Å². The van der Waals surface area contributed by atoms with Gasteiger partial charge in [-0.25, -0.2) is 0 Å². The molecule has 2 bridgehead atoms. The van der Waals surface area contributed by atoms with Crippen LogP contribution >= 0.6 is 0 Å². The zero-order valence-electron chi connectivity index (χ0n) is 12.3. The van der Waals surface area contributed by atoms with Crippen LogP contribution in [0.5, 0.6) is 0 Å². The molecule has 0 aromatic carbocycles. The van der Waals surface area contributed by atoms with Crippen LogP contribution in [0, 0.1) is 29.6 Å². The fourth-order valence-corrected chi connectivity index (χ4v) is 5.27. The molecule has 3 fully saturated rings. The van der Waals surface area contributed by atoms with Crippen molar-refractivity contribution in [1.29, 1.82) is 0 Å². The molecule has 0 aliphatic heterocycles. The third-order valence-electron chi connectivity index (χ3n) is 6.04. The molecule has 0 saturated heterocycles. The summed E-state index contributed by atoms with van der Waals surface area (Å²) in [6.45, 7) is 5.95. The molecule has 3 aliphatic carbocycles. The molecular formula is C17H31N. The van der Waals surface area contributed by atoms with E-state index in [2.05, 4.69) is 19.2 Å². The van der Waals surface area contributed by atoms with E-state index < -0.39 is 0 Å². The molecule has 0 spiro atoms. The highest BCUT2D eigenvalue weighted by atomic mass is 14.9. The highest BCUT2D eigenvalue weighted by molar-refractivity contribution is 5.05. The molecule has 104 valence electrons. The Morgan fingerprint density at radius 3 is 2.67 bits per heavy atom. The van der Waals surface area contributed by atoms with Gasteiger partial charge in [0.05, 0.1) is 0 Å². The first-order valence-corrected chi connectivity index (χ1v) is 8.49. The summed E-state index contributed by atoms with van der Waals surface area (Å²) in [6, 6.07) is 0.897. The van der Waals surface area contributed by atoms with Crippen molar-refractivity contribution in [2.24, 2.45) is 29.6 Å². The number of unbranched alkanes of at least 4 members (excludes halogenated alkanes) is 1. The van der Waals surface area contributed by atoms with E-state index in [1.54, 1.807) is 19.3 Å². The van der Waals surface area contributed by atoms with E-state index in [1.165, 1.54) is 38.6 Å². The molecule has 5 unspecified atom stereocenters. The van der Waals surface area contributed by atoms with Gasteiger partial charge in [0, 0.05) is 6.04 Å². The molecule has 3 saturated carbocycles. The van der Waals surface area contributed by atoms with Crippen LogP contribution in [0.1, 0.15) is 65.2 Å². The van der Waals surface area contributed by atoms with Crippen LogP contribution in [0.2, 0.25) is 0 Å². The molecule has 18 heavy (non-hydrogen) atoms. The van der Waals surface area contributed by atoms with Crippen LogP contribution in [0.25, 0.3) is 0 Å². The minimum atomic E-state index is 0.881. The predicted octanol–water partition coefficient (Wildman–Crippen LogP) is 4.23. The van der Waals surface area contributed by atoms with Gasteiger partial charge < -0.3 is 5.32 Å². The molecule has 0 heterocycles. The van der Waals surface area contributed by atoms with E-state index in [0.29, 0.717) is 0 Å². The van der Waals surface area contributed by atoms with Gasteiger partial charge in [-0.2, -0.15) is 0 Å². The SMILES string of the molecule is CC(C)CCCCNC1CC2CC1C1CCCC21. The zero-order chi connectivity index (χ0) is 12.5. The molecule has 3 aliphatic rings. The Hall–Kier alpha value is -0.0400. The van der Waals surface area contributed by atoms with E-state index >= 15 is 0 Å². The van der Waals surface area contributed by atoms with E-state index in [1.807, 2.05) is 0 Å². The van der Waals surface area contributed by atoms with Crippen LogP contribution in [-0.2, 0) is 0 Å². The second kappa shape index (κ2) is 5.53. The standard InChI is InChI=1S/C17H31N/c1-12(2)6-3-4-9-18-17-11-13-10-16(17)15-8-5-7-14(13)15/h12-18H,3-11H2,1-2H3. The lowest BCUT2D eigenvalue weighted by molar-refractivity contribution is 0.208. The Kier molecular flexibility index (Phi) is 3.98. The normalized spacial score (nSPS) is 41.8. The Morgan fingerprint density at radius 1 is 1.00 bits per heavy atom. The van der Waals surface area contributed by atoms with Crippen molar-refractivity contribution in [2.75, 3.05) is 6.54 Å². The topological polar surface area (TPSA) is 12.0 Å². The first-order chi connectivity index (χ1) is 8.75. The van der Waals surface area contributed by atoms with Crippen molar-refractivity contribution < 1.29 is 0 Å². The van der Waals surface area contributed by atoms with Gasteiger partial charge in [-0.3, -0.25) is 0 Å². The first-order valence-electron chi connectivity index (χ1n) is 8.49. The predicted molar refractivity (Wildman–Crippen MR) is 77.5 cm³/mol. The maximum absolute atomic E-state index is 3.90. The fourth-order valence-electron chi connectivity index (χ4n) is 5.27. The Balaban J connectivity index is 1.38. The summed E-state index contributed by atoms with van der Waals surface area (Å²) in [7, 11) is 0. The molecule has 3 rings (SSSR count). The van der Waals surface area contributed by atoms with Crippen molar-refractivity contribution in [1.82, 2.24) is 5.32 Å². The van der Waals surface area contributed by atoms with E-state index in [9.17, 15) is 0 Å². The van der Waals surface area contributed by atoms with Crippen LogP contribution in [-0.4, -0.2) is 12.6 Å². The van der Waals surface area contributed by atoms with E-state index in [4.69, 9.17) is 0 Å². The summed E-state index contributed by atoms with van der Waals surface area (Å²) >= 11 is 0. The summed E-state index contributed by atoms with van der Waals surface area (Å²) in [5.41, 5.74) is 0. The van der Waals surface area contributed by atoms with E-state index in [0.717, 1.165) is 35.6 Å². The highest BCUT2D eigenvalue weighted by Crippen LogP contribution is 2.58. The van der Waals surface area contributed by atoms with Crippen molar-refractivity contribution in [3.8, 4) is 0 Å². The molecule has 0 aromatic heterocycles. The second-order valence-electron chi connectivity index (χ2n) is 7.60. The average molecular weight is 249 g/mol. The maximum atomic E-state index is 3.90. The molecule has 5 atom stereocenters. The number of hydrogen-bond acceptors (Lipinski definition) is 1. The number of fused-ring (bicyclic) bond motifs is 5. The van der Waals surface area contributed by atoms with Crippen molar-refractivity contribution >= 4 is 0 Å². The van der Waals surface area contributed by atoms with Crippen LogP contribution in [0.3, 0.4) is 0 Å². The third kappa shape index (κ3) is 2.48. The Morgan fingerprint density at radius 2 is 1.83 bits per heavy atom. The van der Waals surface area contributed by atoms with Gasteiger partial charge >= 0.3 is 0 Å². The number of hydrogen-bond donors (Lipinski definition) is 1. The van der Waals surface area contributed by atoms with Gasteiger partial charge in [-0.05, 0) is 68.2 Å². The fraction of sp³-hybridized carbons (Fsp3) is 1.00. The summed E-state index contributed by atoms with van der Waals surface area (Å²) in [5.74, 6) is 5.32. The molecule has 1 N–H and O–H groups in total. The minimum absolute atomic E-state index is 0.881. The summed E-state index contributed by atoms with van der Waals surface area (Å²) in [5, 5.41) is 3.90. The van der Waals surface area contributed by atoms with Crippen LogP contribution in [0.4, 0.5) is 0 Å². The molecule has 0 radical (unpaired) electrons. The lowest BCUT2D eigenvalue weighted by Gasteiger charge is -2.32. The number of nitrogens with one attached hydrogen (secondary N) is 1. The molecule has 1 nitrogen and oxygen atoms in total. The lowest BCUT2D eigenvalue weighted by Crippen LogP contribution is -2.39. The zero-order valence-corrected chi connectivity index (χ0v) is 12.3.